The number of amides is 1. The van der Waals surface area contributed by atoms with Gasteiger partial charge in [-0.15, -0.1) is 0 Å². The molecule has 4 N–H and O–H groups in total. The lowest BCUT2D eigenvalue weighted by atomic mass is 9.98. The largest absolute Gasteiger partial charge is 0.368 e. The minimum absolute atomic E-state index is 0.348. The van der Waals surface area contributed by atoms with E-state index < -0.39 is 5.54 Å². The molecule has 2 atom stereocenters. The molecule has 0 aliphatic heterocycles. The number of carbonyl (C=O) groups excluding carboxylic acids is 1. The maximum absolute atomic E-state index is 11.4. The summed E-state index contributed by atoms with van der Waals surface area (Å²) in [6, 6.07) is 0.411. The topological polar surface area (TPSA) is 75.6 Å². The van der Waals surface area contributed by atoms with E-state index >= 15 is 0 Å². The van der Waals surface area contributed by atoms with Crippen molar-refractivity contribution in [1.29, 1.82) is 0 Å². The zero-order chi connectivity index (χ0) is 15.2. The zero-order valence-corrected chi connectivity index (χ0v) is 13.4. The van der Waals surface area contributed by atoms with Crippen LogP contribution in [-0.4, -0.2) is 60.0 Å². The molecule has 0 radical (unpaired) electrons. The van der Waals surface area contributed by atoms with Crippen molar-refractivity contribution in [2.45, 2.75) is 58.0 Å². The molecule has 118 valence electrons. The van der Waals surface area contributed by atoms with Crippen molar-refractivity contribution in [3.05, 3.63) is 0 Å². The van der Waals surface area contributed by atoms with E-state index in [0.717, 1.165) is 45.6 Å². The van der Waals surface area contributed by atoms with Crippen LogP contribution in [0.2, 0.25) is 0 Å². The molecule has 5 nitrogen and oxygen atoms in total. The second kappa shape index (κ2) is 7.96. The monoisotopic (exact) mass is 284 g/mol. The van der Waals surface area contributed by atoms with Crippen molar-refractivity contribution < 1.29 is 4.79 Å². The number of nitrogens with zero attached hydrogens (tertiary/aromatic N) is 2. The van der Waals surface area contributed by atoms with Gasteiger partial charge in [0.25, 0.3) is 0 Å². The van der Waals surface area contributed by atoms with Crippen LogP contribution in [0.4, 0.5) is 0 Å². The first-order valence-corrected chi connectivity index (χ1v) is 8.02. The Morgan fingerprint density at radius 3 is 2.30 bits per heavy atom. The van der Waals surface area contributed by atoms with E-state index in [4.69, 9.17) is 11.5 Å². The van der Waals surface area contributed by atoms with Gasteiger partial charge in [0.2, 0.25) is 5.91 Å². The van der Waals surface area contributed by atoms with Gasteiger partial charge in [-0.2, -0.15) is 0 Å². The van der Waals surface area contributed by atoms with Gasteiger partial charge in [-0.1, -0.05) is 20.8 Å². The lowest BCUT2D eigenvalue weighted by molar-refractivity contribution is -0.123. The maximum Gasteiger partial charge on any atom is 0.237 e. The fourth-order valence-corrected chi connectivity index (χ4v) is 3.22. The van der Waals surface area contributed by atoms with E-state index in [-0.39, 0.29) is 5.91 Å². The van der Waals surface area contributed by atoms with Crippen LogP contribution in [0.3, 0.4) is 0 Å². The molecule has 20 heavy (non-hydrogen) atoms. The molecule has 0 heterocycles. The summed E-state index contributed by atoms with van der Waals surface area (Å²) in [6.45, 7) is 12.0. The lowest BCUT2D eigenvalue weighted by Crippen LogP contribution is -2.51. The summed E-state index contributed by atoms with van der Waals surface area (Å²) < 4.78 is 0. The Labute approximate surface area is 123 Å². The molecule has 0 bridgehead atoms. The average Bonchev–Trinajstić information content (AvgIpc) is 2.83. The number of primary amides is 1. The van der Waals surface area contributed by atoms with Crippen LogP contribution in [0.1, 0.15) is 46.5 Å². The molecule has 0 aromatic heterocycles. The molecule has 1 fully saturated rings. The number of nitrogens with two attached hydrogens (primary N) is 2. The summed E-state index contributed by atoms with van der Waals surface area (Å²) >= 11 is 0. The van der Waals surface area contributed by atoms with E-state index in [2.05, 4.69) is 30.6 Å². The molecule has 1 aliphatic carbocycles. The van der Waals surface area contributed by atoms with E-state index in [1.807, 2.05) is 0 Å². The van der Waals surface area contributed by atoms with Gasteiger partial charge in [-0.25, -0.2) is 0 Å². The number of hydrogen-bond donors (Lipinski definition) is 2. The number of carbonyl (C=O) groups is 1. The van der Waals surface area contributed by atoms with Gasteiger partial charge in [-0.05, 0) is 58.4 Å². The van der Waals surface area contributed by atoms with Crippen LogP contribution in [-0.2, 0) is 4.79 Å². The summed E-state index contributed by atoms with van der Waals surface area (Å²) in [5.41, 5.74) is 10.7. The van der Waals surface area contributed by atoms with Crippen LogP contribution in [0.25, 0.3) is 0 Å². The highest BCUT2D eigenvalue weighted by Crippen LogP contribution is 2.31. The third-order valence-corrected chi connectivity index (χ3v) is 4.75. The highest BCUT2D eigenvalue weighted by atomic mass is 16.1. The van der Waals surface area contributed by atoms with E-state index in [0.29, 0.717) is 12.5 Å². The lowest BCUT2D eigenvalue weighted by Gasteiger charge is -2.29. The molecule has 1 amide bonds. The van der Waals surface area contributed by atoms with Crippen molar-refractivity contribution in [2.24, 2.45) is 11.5 Å². The Kier molecular flexibility index (Phi) is 6.92. The Balaban J connectivity index is 2.42. The fourth-order valence-electron chi connectivity index (χ4n) is 3.22. The van der Waals surface area contributed by atoms with Gasteiger partial charge in [0.15, 0.2) is 0 Å². The molecule has 0 aromatic carbocycles. The van der Waals surface area contributed by atoms with Gasteiger partial charge in [-0.3, -0.25) is 4.79 Å². The quantitative estimate of drug-likeness (QED) is 0.656. The predicted octanol–water partition coefficient (Wildman–Crippen LogP) is 0.776. The van der Waals surface area contributed by atoms with Gasteiger partial charge < -0.3 is 21.3 Å². The smallest absolute Gasteiger partial charge is 0.237 e. The first kappa shape index (κ1) is 17.4. The van der Waals surface area contributed by atoms with Crippen molar-refractivity contribution in [1.82, 2.24) is 9.80 Å². The molecular weight excluding hydrogens is 252 g/mol. The Morgan fingerprint density at radius 2 is 1.85 bits per heavy atom. The van der Waals surface area contributed by atoms with Crippen LogP contribution in [0.15, 0.2) is 0 Å². The molecule has 0 spiro atoms. The standard InChI is InChI=1S/C15H32N4O/c1-4-18(5-2)10-7-11-19(6-3)13-8-9-15(17,12-13)14(16)20/h13H,4-12,17H2,1-3H3,(H2,16,20). The van der Waals surface area contributed by atoms with E-state index in [1.165, 1.54) is 6.42 Å². The average molecular weight is 284 g/mol. The molecular formula is C15H32N4O. The van der Waals surface area contributed by atoms with Gasteiger partial charge in [0.05, 0.1) is 5.54 Å². The molecule has 0 saturated heterocycles. The maximum atomic E-state index is 11.4. The fraction of sp³-hybridized carbons (Fsp3) is 0.933. The molecule has 1 saturated carbocycles. The van der Waals surface area contributed by atoms with Crippen LogP contribution >= 0.6 is 0 Å². The van der Waals surface area contributed by atoms with Crippen LogP contribution in [0.5, 0.6) is 0 Å². The first-order valence-electron chi connectivity index (χ1n) is 8.02. The molecule has 1 aliphatic rings. The third-order valence-electron chi connectivity index (χ3n) is 4.75. The van der Waals surface area contributed by atoms with Gasteiger partial charge in [0.1, 0.15) is 0 Å². The second-order valence-electron chi connectivity index (χ2n) is 5.93. The van der Waals surface area contributed by atoms with Crippen molar-refractivity contribution >= 4 is 5.91 Å². The number of rotatable bonds is 9. The van der Waals surface area contributed by atoms with Gasteiger partial charge in [0, 0.05) is 6.04 Å². The highest BCUT2D eigenvalue weighted by Gasteiger charge is 2.42. The minimum atomic E-state index is -0.781. The summed E-state index contributed by atoms with van der Waals surface area (Å²) in [5.74, 6) is -0.348. The molecule has 5 heteroatoms. The number of hydrogen-bond acceptors (Lipinski definition) is 4. The second-order valence-corrected chi connectivity index (χ2v) is 5.93. The Morgan fingerprint density at radius 1 is 1.20 bits per heavy atom. The Bertz CT molecular complexity index is 306. The Hall–Kier alpha value is -0.650. The van der Waals surface area contributed by atoms with Crippen molar-refractivity contribution in [2.75, 3.05) is 32.7 Å². The summed E-state index contributed by atoms with van der Waals surface area (Å²) in [6.07, 6.45) is 3.58. The summed E-state index contributed by atoms with van der Waals surface area (Å²) in [5, 5.41) is 0. The summed E-state index contributed by atoms with van der Waals surface area (Å²) in [4.78, 5) is 16.3. The first-order chi connectivity index (χ1) is 9.46. The van der Waals surface area contributed by atoms with Crippen molar-refractivity contribution in [3.63, 3.8) is 0 Å². The SMILES string of the molecule is CCN(CC)CCCN(CC)C1CCC(N)(C(N)=O)C1. The third kappa shape index (κ3) is 4.43. The summed E-state index contributed by atoms with van der Waals surface area (Å²) in [7, 11) is 0. The normalized spacial score (nSPS) is 26.6. The molecule has 0 aromatic rings. The van der Waals surface area contributed by atoms with Crippen molar-refractivity contribution in [3.8, 4) is 0 Å². The minimum Gasteiger partial charge on any atom is -0.368 e. The zero-order valence-electron chi connectivity index (χ0n) is 13.4. The molecule has 1 rings (SSSR count). The predicted molar refractivity (Wildman–Crippen MR) is 83.4 cm³/mol. The van der Waals surface area contributed by atoms with E-state index in [1.54, 1.807) is 0 Å². The highest BCUT2D eigenvalue weighted by molar-refractivity contribution is 5.84. The van der Waals surface area contributed by atoms with Gasteiger partial charge >= 0.3 is 0 Å². The van der Waals surface area contributed by atoms with E-state index in [9.17, 15) is 4.79 Å². The van der Waals surface area contributed by atoms with Crippen LogP contribution < -0.4 is 11.5 Å². The molecule has 2 unspecified atom stereocenters. The van der Waals surface area contributed by atoms with Crippen LogP contribution in [0, 0.1) is 0 Å².